The highest BCUT2D eigenvalue weighted by molar-refractivity contribution is 5.88. The number of hydrogen-bond acceptors (Lipinski definition) is 3. The van der Waals surface area contributed by atoms with E-state index in [4.69, 9.17) is 5.11 Å². The van der Waals surface area contributed by atoms with Gasteiger partial charge in [-0.2, -0.15) is 0 Å². The summed E-state index contributed by atoms with van der Waals surface area (Å²) in [6.45, 7) is 5.00. The Morgan fingerprint density at radius 1 is 1.35 bits per heavy atom. The van der Waals surface area contributed by atoms with E-state index in [0.717, 1.165) is 37.9 Å². The van der Waals surface area contributed by atoms with Gasteiger partial charge in [-0.05, 0) is 25.0 Å². The number of carboxylic acids is 1. The van der Waals surface area contributed by atoms with E-state index in [1.807, 2.05) is 0 Å². The van der Waals surface area contributed by atoms with Gasteiger partial charge in [-0.1, -0.05) is 26.7 Å². The highest BCUT2D eigenvalue weighted by atomic mass is 16.4. The first-order chi connectivity index (χ1) is 8.17. The predicted octanol–water partition coefficient (Wildman–Crippen LogP) is 2.94. The van der Waals surface area contributed by atoms with Gasteiger partial charge in [0.2, 0.25) is 0 Å². The fourth-order valence-corrected chi connectivity index (χ4v) is 1.58. The lowest BCUT2D eigenvalue weighted by Crippen LogP contribution is -2.07. The second kappa shape index (κ2) is 6.89. The number of rotatable bonds is 7. The van der Waals surface area contributed by atoms with Gasteiger partial charge in [0.1, 0.15) is 5.82 Å². The number of anilines is 1. The molecule has 0 saturated carbocycles. The maximum atomic E-state index is 11.0. The van der Waals surface area contributed by atoms with Crippen LogP contribution in [0.15, 0.2) is 12.1 Å². The van der Waals surface area contributed by atoms with E-state index in [9.17, 15) is 4.79 Å². The molecule has 1 aromatic rings. The van der Waals surface area contributed by atoms with E-state index in [-0.39, 0.29) is 0 Å². The smallest absolute Gasteiger partial charge is 0.335 e. The Kier molecular flexibility index (Phi) is 5.46. The molecule has 0 atom stereocenters. The lowest BCUT2D eigenvalue weighted by molar-refractivity contribution is 0.0696. The largest absolute Gasteiger partial charge is 0.478 e. The van der Waals surface area contributed by atoms with Crippen LogP contribution >= 0.6 is 0 Å². The number of aromatic carboxylic acids is 1. The van der Waals surface area contributed by atoms with Crippen molar-refractivity contribution in [2.45, 2.75) is 39.5 Å². The Bertz CT molecular complexity index is 378. The maximum absolute atomic E-state index is 11.0. The summed E-state index contributed by atoms with van der Waals surface area (Å²) < 4.78 is 0. The number of pyridine rings is 1. The molecule has 1 rings (SSSR count). The van der Waals surface area contributed by atoms with Gasteiger partial charge in [0.25, 0.3) is 0 Å². The van der Waals surface area contributed by atoms with Gasteiger partial charge in [0.05, 0.1) is 5.56 Å². The van der Waals surface area contributed by atoms with E-state index in [1.54, 1.807) is 12.1 Å². The van der Waals surface area contributed by atoms with Crippen LogP contribution in [0.25, 0.3) is 0 Å². The normalized spacial score (nSPS) is 10.2. The molecule has 0 aromatic carbocycles. The summed E-state index contributed by atoms with van der Waals surface area (Å²) in [6, 6.07) is 3.24. The summed E-state index contributed by atoms with van der Waals surface area (Å²) >= 11 is 0. The number of hydrogen-bond donors (Lipinski definition) is 2. The number of nitrogens with one attached hydrogen (secondary N) is 1. The fourth-order valence-electron chi connectivity index (χ4n) is 1.58. The van der Waals surface area contributed by atoms with Gasteiger partial charge in [0, 0.05) is 12.2 Å². The van der Waals surface area contributed by atoms with Crippen LogP contribution in [0.5, 0.6) is 0 Å². The highest BCUT2D eigenvalue weighted by Crippen LogP contribution is 2.12. The van der Waals surface area contributed by atoms with Crippen molar-refractivity contribution in [1.82, 2.24) is 4.98 Å². The summed E-state index contributed by atoms with van der Waals surface area (Å²) in [5, 5.41) is 12.2. The van der Waals surface area contributed by atoms with Crippen molar-refractivity contribution in [1.29, 1.82) is 0 Å². The number of carboxylic acid groups (broad SMARTS) is 1. The zero-order chi connectivity index (χ0) is 12.7. The van der Waals surface area contributed by atoms with Crippen LogP contribution in [-0.4, -0.2) is 22.6 Å². The molecule has 0 spiro atoms. The standard InChI is InChI=1S/C13H20N2O2/c1-3-5-7-14-12-9-10(13(16)17)8-11(15-12)6-4-2/h8-9H,3-7H2,1-2H3,(H,14,15)(H,16,17). The zero-order valence-electron chi connectivity index (χ0n) is 10.5. The summed E-state index contributed by atoms with van der Waals surface area (Å²) in [4.78, 5) is 15.4. The van der Waals surface area contributed by atoms with Crippen molar-refractivity contribution in [3.8, 4) is 0 Å². The van der Waals surface area contributed by atoms with E-state index in [1.165, 1.54) is 0 Å². The van der Waals surface area contributed by atoms with Gasteiger partial charge in [-0.3, -0.25) is 0 Å². The highest BCUT2D eigenvalue weighted by Gasteiger charge is 2.07. The number of nitrogens with zero attached hydrogens (tertiary/aromatic N) is 1. The summed E-state index contributed by atoms with van der Waals surface area (Å²) in [6.07, 6.45) is 3.93. The first-order valence-corrected chi connectivity index (χ1v) is 6.15. The van der Waals surface area contributed by atoms with Gasteiger partial charge in [-0.25, -0.2) is 9.78 Å². The summed E-state index contributed by atoms with van der Waals surface area (Å²) in [7, 11) is 0. The third-order valence-corrected chi connectivity index (χ3v) is 2.47. The molecule has 4 nitrogen and oxygen atoms in total. The average Bonchev–Trinajstić information content (AvgIpc) is 2.29. The summed E-state index contributed by atoms with van der Waals surface area (Å²) in [5.74, 6) is -0.231. The molecule has 1 heterocycles. The van der Waals surface area contributed by atoms with Gasteiger partial charge >= 0.3 is 5.97 Å². The van der Waals surface area contributed by atoms with Crippen molar-refractivity contribution >= 4 is 11.8 Å². The average molecular weight is 236 g/mol. The summed E-state index contributed by atoms with van der Waals surface area (Å²) in [5.41, 5.74) is 1.15. The second-order valence-electron chi connectivity index (χ2n) is 4.07. The molecule has 2 N–H and O–H groups in total. The van der Waals surface area contributed by atoms with Crippen LogP contribution < -0.4 is 5.32 Å². The Morgan fingerprint density at radius 3 is 2.71 bits per heavy atom. The Morgan fingerprint density at radius 2 is 2.12 bits per heavy atom. The van der Waals surface area contributed by atoms with E-state index < -0.39 is 5.97 Å². The monoisotopic (exact) mass is 236 g/mol. The lowest BCUT2D eigenvalue weighted by atomic mass is 10.1. The predicted molar refractivity (Wildman–Crippen MR) is 68.6 cm³/mol. The Labute approximate surface area is 102 Å². The molecule has 0 aliphatic heterocycles. The van der Waals surface area contributed by atoms with Gasteiger partial charge < -0.3 is 10.4 Å². The van der Waals surface area contributed by atoms with E-state index in [2.05, 4.69) is 24.1 Å². The van der Waals surface area contributed by atoms with Crippen molar-refractivity contribution in [3.05, 3.63) is 23.4 Å². The van der Waals surface area contributed by atoms with Crippen molar-refractivity contribution in [2.24, 2.45) is 0 Å². The molecule has 0 radical (unpaired) electrons. The minimum atomic E-state index is -0.900. The first kappa shape index (κ1) is 13.5. The molecule has 0 fully saturated rings. The number of aryl methyl sites for hydroxylation is 1. The topological polar surface area (TPSA) is 62.2 Å². The van der Waals surface area contributed by atoms with E-state index >= 15 is 0 Å². The lowest BCUT2D eigenvalue weighted by Gasteiger charge is -2.08. The molecule has 0 aliphatic rings. The molecule has 17 heavy (non-hydrogen) atoms. The van der Waals surface area contributed by atoms with Crippen LogP contribution in [0, 0.1) is 0 Å². The first-order valence-electron chi connectivity index (χ1n) is 6.15. The van der Waals surface area contributed by atoms with Crippen molar-refractivity contribution in [3.63, 3.8) is 0 Å². The van der Waals surface area contributed by atoms with E-state index in [0.29, 0.717) is 11.4 Å². The van der Waals surface area contributed by atoms with Crippen LogP contribution in [0.2, 0.25) is 0 Å². The minimum Gasteiger partial charge on any atom is -0.478 e. The van der Waals surface area contributed by atoms with Crippen LogP contribution in [0.4, 0.5) is 5.82 Å². The molecule has 0 aliphatic carbocycles. The molecule has 0 bridgehead atoms. The van der Waals surface area contributed by atoms with Crippen LogP contribution in [0.1, 0.15) is 49.2 Å². The number of carbonyl (C=O) groups is 1. The Hall–Kier alpha value is -1.58. The van der Waals surface area contributed by atoms with Crippen molar-refractivity contribution < 1.29 is 9.90 Å². The maximum Gasteiger partial charge on any atom is 0.335 e. The third kappa shape index (κ3) is 4.43. The molecule has 1 aromatic heterocycles. The SMILES string of the molecule is CCCCNc1cc(C(=O)O)cc(CCC)n1. The molecular weight excluding hydrogens is 216 g/mol. The van der Waals surface area contributed by atoms with Crippen molar-refractivity contribution in [2.75, 3.05) is 11.9 Å². The number of unbranched alkanes of at least 4 members (excludes halogenated alkanes) is 1. The molecular formula is C13H20N2O2. The second-order valence-corrected chi connectivity index (χ2v) is 4.07. The Balaban J connectivity index is 2.83. The quantitative estimate of drug-likeness (QED) is 0.714. The third-order valence-electron chi connectivity index (χ3n) is 2.47. The van der Waals surface area contributed by atoms with Gasteiger partial charge in [-0.15, -0.1) is 0 Å². The van der Waals surface area contributed by atoms with Crippen LogP contribution in [0.3, 0.4) is 0 Å². The molecule has 4 heteroatoms. The number of aromatic nitrogens is 1. The van der Waals surface area contributed by atoms with Crippen LogP contribution in [-0.2, 0) is 6.42 Å². The zero-order valence-corrected chi connectivity index (χ0v) is 10.5. The van der Waals surface area contributed by atoms with Gasteiger partial charge in [0.15, 0.2) is 0 Å². The molecule has 0 saturated heterocycles. The molecule has 94 valence electrons. The molecule has 0 amide bonds. The minimum absolute atomic E-state index is 0.308. The fraction of sp³-hybridized carbons (Fsp3) is 0.538. The molecule has 0 unspecified atom stereocenters.